The Morgan fingerprint density at radius 1 is 0.913 bits per heavy atom. The van der Waals surface area contributed by atoms with E-state index in [1.165, 1.54) is 0 Å². The lowest BCUT2D eigenvalue weighted by Crippen LogP contribution is -2.41. The summed E-state index contributed by atoms with van der Waals surface area (Å²) in [5.41, 5.74) is 2.72. The molecule has 0 aliphatic heterocycles. The largest absolute Gasteiger partial charge is 0.412 e. The highest BCUT2D eigenvalue weighted by Crippen LogP contribution is 2.56. The lowest BCUT2D eigenvalue weighted by atomic mass is 9.59. The zero-order valence-corrected chi connectivity index (χ0v) is 13.7. The fourth-order valence-corrected chi connectivity index (χ4v) is 5.54. The van der Waals surface area contributed by atoms with Gasteiger partial charge in [-0.2, -0.15) is 5.90 Å². The van der Waals surface area contributed by atoms with Gasteiger partial charge in [0.1, 0.15) is 11.7 Å². The normalized spacial score (nSPS) is 35.5. The number of nitrogens with two attached hydrogens (primary N) is 1. The molecule has 2 N–H and O–H groups in total. The van der Waals surface area contributed by atoms with Gasteiger partial charge in [0.15, 0.2) is 11.6 Å². The minimum Gasteiger partial charge on any atom is -0.412 e. The van der Waals surface area contributed by atoms with Gasteiger partial charge in [-0.05, 0) is 80.2 Å². The van der Waals surface area contributed by atoms with E-state index in [-0.39, 0.29) is 23.4 Å². The second-order valence-corrected chi connectivity index (χ2v) is 7.55. The molecule has 1 aromatic rings. The number of aryl methyl sites for hydroxylation is 2. The number of ketones is 2. The first kappa shape index (κ1) is 14.9. The van der Waals surface area contributed by atoms with Crippen LogP contribution in [0.3, 0.4) is 0 Å². The summed E-state index contributed by atoms with van der Waals surface area (Å²) in [4.78, 5) is 31.1. The number of carbonyl (C=O) groups is 2. The number of carbonyl (C=O) groups excluding carboxylic acids is 2. The van der Waals surface area contributed by atoms with Crippen molar-refractivity contribution in [2.75, 3.05) is 0 Å². The van der Waals surface area contributed by atoms with E-state index in [1.807, 2.05) is 26.0 Å². The standard InChI is InChI=1S/C19H23NO3/c1-9-7-13(23-20)8-10(2)14(9)17-18(21)15-11-3-4-12(6-5-11)16(15)19(17)22/h7-8,11-12,15-17H,3-6,20H2,1-2H3. The first-order chi connectivity index (χ1) is 11.0. The van der Waals surface area contributed by atoms with Crippen LogP contribution in [-0.2, 0) is 9.59 Å². The van der Waals surface area contributed by atoms with Crippen LogP contribution in [0.15, 0.2) is 12.1 Å². The maximum atomic E-state index is 13.1. The molecule has 0 saturated heterocycles. The van der Waals surface area contributed by atoms with Crippen LogP contribution in [0.25, 0.3) is 0 Å². The molecule has 4 aliphatic carbocycles. The van der Waals surface area contributed by atoms with Gasteiger partial charge in [0.25, 0.3) is 0 Å². The molecule has 2 atom stereocenters. The Morgan fingerprint density at radius 3 is 1.74 bits per heavy atom. The molecule has 0 amide bonds. The van der Waals surface area contributed by atoms with Crippen molar-refractivity contribution in [1.29, 1.82) is 0 Å². The summed E-state index contributed by atoms with van der Waals surface area (Å²) in [5, 5.41) is 0. The maximum absolute atomic E-state index is 13.1. The quantitative estimate of drug-likeness (QED) is 0.673. The van der Waals surface area contributed by atoms with Gasteiger partial charge in [-0.3, -0.25) is 9.59 Å². The van der Waals surface area contributed by atoms with E-state index in [4.69, 9.17) is 10.7 Å². The molecular formula is C19H23NO3. The van der Waals surface area contributed by atoms with Crippen molar-refractivity contribution in [3.63, 3.8) is 0 Å². The third kappa shape index (κ3) is 2.01. The van der Waals surface area contributed by atoms with E-state index in [9.17, 15) is 9.59 Å². The molecule has 23 heavy (non-hydrogen) atoms. The molecule has 0 heterocycles. The molecule has 4 fully saturated rings. The topological polar surface area (TPSA) is 69.4 Å². The van der Waals surface area contributed by atoms with Crippen LogP contribution in [0.4, 0.5) is 0 Å². The van der Waals surface area contributed by atoms with Crippen LogP contribution in [0.5, 0.6) is 5.75 Å². The number of fused-ring (bicyclic) bond motifs is 2. The van der Waals surface area contributed by atoms with E-state index < -0.39 is 5.92 Å². The number of hydrogen-bond acceptors (Lipinski definition) is 4. The van der Waals surface area contributed by atoms with Crippen LogP contribution in [-0.4, -0.2) is 11.6 Å². The number of hydrogen-bond donors (Lipinski definition) is 1. The van der Waals surface area contributed by atoms with Crippen molar-refractivity contribution in [2.24, 2.45) is 29.6 Å². The van der Waals surface area contributed by atoms with E-state index in [1.54, 1.807) is 0 Å². The molecule has 2 unspecified atom stereocenters. The summed E-state index contributed by atoms with van der Waals surface area (Å²) in [7, 11) is 0. The van der Waals surface area contributed by atoms with Gasteiger partial charge in [-0.15, -0.1) is 0 Å². The molecule has 0 aromatic heterocycles. The predicted molar refractivity (Wildman–Crippen MR) is 85.9 cm³/mol. The fourth-order valence-electron chi connectivity index (χ4n) is 5.54. The van der Waals surface area contributed by atoms with Gasteiger partial charge in [0.05, 0.1) is 0 Å². The Balaban J connectivity index is 1.79. The highest BCUT2D eigenvalue weighted by Gasteiger charge is 2.59. The average molecular weight is 313 g/mol. The SMILES string of the molecule is Cc1cc(ON)cc(C)c1C1C(=O)C2C3CCC(CC3)C2C1=O. The smallest absolute Gasteiger partial charge is 0.151 e. The van der Waals surface area contributed by atoms with Crippen LogP contribution >= 0.6 is 0 Å². The summed E-state index contributed by atoms with van der Waals surface area (Å²) in [6.07, 6.45) is 4.48. The minimum atomic E-state index is -0.571. The maximum Gasteiger partial charge on any atom is 0.151 e. The van der Waals surface area contributed by atoms with Crippen molar-refractivity contribution in [3.8, 4) is 5.75 Å². The van der Waals surface area contributed by atoms with Gasteiger partial charge in [0, 0.05) is 11.8 Å². The second kappa shape index (κ2) is 5.17. The second-order valence-electron chi connectivity index (χ2n) is 7.55. The Kier molecular flexibility index (Phi) is 3.34. The summed E-state index contributed by atoms with van der Waals surface area (Å²) in [5.74, 6) is 6.40. The first-order valence-corrected chi connectivity index (χ1v) is 8.58. The van der Waals surface area contributed by atoms with E-state index in [2.05, 4.69) is 0 Å². The molecule has 5 rings (SSSR count). The average Bonchev–Trinajstić information content (AvgIpc) is 2.82. The van der Waals surface area contributed by atoms with Gasteiger partial charge in [-0.25, -0.2) is 0 Å². The van der Waals surface area contributed by atoms with E-state index in [0.717, 1.165) is 42.4 Å². The summed E-state index contributed by atoms with van der Waals surface area (Å²) in [6.45, 7) is 3.87. The number of rotatable bonds is 2. The van der Waals surface area contributed by atoms with Crippen molar-refractivity contribution >= 4 is 11.6 Å². The third-order valence-corrected chi connectivity index (χ3v) is 6.44. The van der Waals surface area contributed by atoms with Crippen LogP contribution in [0.1, 0.15) is 48.3 Å². The van der Waals surface area contributed by atoms with Crippen molar-refractivity contribution < 1.29 is 14.4 Å². The Morgan fingerprint density at radius 2 is 1.35 bits per heavy atom. The summed E-state index contributed by atoms with van der Waals surface area (Å²) in [6, 6.07) is 3.64. The van der Waals surface area contributed by atoms with Crippen LogP contribution in [0.2, 0.25) is 0 Å². The summed E-state index contributed by atoms with van der Waals surface area (Å²) >= 11 is 0. The highest BCUT2D eigenvalue weighted by molar-refractivity contribution is 6.16. The minimum absolute atomic E-state index is 0.0239. The molecular weight excluding hydrogens is 290 g/mol. The zero-order chi connectivity index (χ0) is 16.3. The van der Waals surface area contributed by atoms with Crippen LogP contribution < -0.4 is 10.7 Å². The van der Waals surface area contributed by atoms with Gasteiger partial charge >= 0.3 is 0 Å². The molecule has 4 saturated carbocycles. The molecule has 4 heteroatoms. The summed E-state index contributed by atoms with van der Waals surface area (Å²) < 4.78 is 0. The zero-order valence-electron chi connectivity index (χ0n) is 13.7. The van der Waals surface area contributed by atoms with Crippen molar-refractivity contribution in [1.82, 2.24) is 0 Å². The lowest BCUT2D eigenvalue weighted by molar-refractivity contribution is -0.129. The monoisotopic (exact) mass is 313 g/mol. The molecule has 4 aliphatic rings. The Hall–Kier alpha value is -1.68. The molecule has 0 radical (unpaired) electrons. The van der Waals surface area contributed by atoms with E-state index in [0.29, 0.717) is 17.6 Å². The number of Topliss-reactive ketones (excluding diaryl/α,β-unsaturated/α-hetero) is 2. The molecule has 4 nitrogen and oxygen atoms in total. The Bertz CT molecular complexity index is 635. The van der Waals surface area contributed by atoms with Gasteiger partial charge in [0.2, 0.25) is 0 Å². The first-order valence-electron chi connectivity index (χ1n) is 8.58. The molecule has 1 aromatic carbocycles. The van der Waals surface area contributed by atoms with Crippen molar-refractivity contribution in [3.05, 3.63) is 28.8 Å². The van der Waals surface area contributed by atoms with Crippen LogP contribution in [0, 0.1) is 37.5 Å². The Labute approximate surface area is 136 Å². The molecule has 122 valence electrons. The van der Waals surface area contributed by atoms with Gasteiger partial charge < -0.3 is 4.84 Å². The lowest BCUT2D eigenvalue weighted by Gasteiger charge is -2.43. The number of benzene rings is 1. The van der Waals surface area contributed by atoms with Crippen molar-refractivity contribution in [2.45, 2.75) is 45.4 Å². The predicted octanol–water partition coefficient (Wildman–Crippen LogP) is 2.84. The van der Waals surface area contributed by atoms with Gasteiger partial charge in [-0.1, -0.05) is 0 Å². The van der Waals surface area contributed by atoms with E-state index >= 15 is 0 Å². The fraction of sp³-hybridized carbons (Fsp3) is 0.579. The molecule has 2 bridgehead atoms. The molecule has 0 spiro atoms. The highest BCUT2D eigenvalue weighted by atomic mass is 16.6. The third-order valence-electron chi connectivity index (χ3n) is 6.44.